The molecule has 0 amide bonds. The minimum Gasteiger partial charge on any atom is -0.498 e. The van der Waals surface area contributed by atoms with Crippen LogP contribution in [-0.4, -0.2) is 18.6 Å². The van der Waals surface area contributed by atoms with Crippen LogP contribution in [0.3, 0.4) is 0 Å². The number of benzene rings is 1. The molecule has 0 radical (unpaired) electrons. The summed E-state index contributed by atoms with van der Waals surface area (Å²) in [5.41, 5.74) is 1.28. The molecule has 0 fully saturated rings. The van der Waals surface area contributed by atoms with Crippen LogP contribution in [0.15, 0.2) is 42.2 Å². The Labute approximate surface area is 113 Å². The predicted octanol–water partition coefficient (Wildman–Crippen LogP) is 3.99. The predicted molar refractivity (Wildman–Crippen MR) is 77.7 cm³/mol. The van der Waals surface area contributed by atoms with Crippen LogP contribution in [-0.2, 0) is 9.53 Å². The number of thioether (sulfide) groups is 1. The molecule has 0 heterocycles. The lowest BCUT2D eigenvalue weighted by Crippen LogP contribution is -2.01. The molecule has 0 aromatic heterocycles. The number of hydrogen-bond donors (Lipinski definition) is 0. The van der Waals surface area contributed by atoms with Crippen molar-refractivity contribution in [3.8, 4) is 0 Å². The van der Waals surface area contributed by atoms with E-state index in [0.717, 1.165) is 24.2 Å². The second-order valence-corrected chi connectivity index (χ2v) is 5.24. The van der Waals surface area contributed by atoms with E-state index in [9.17, 15) is 4.79 Å². The van der Waals surface area contributed by atoms with Gasteiger partial charge in [-0.25, -0.2) is 0 Å². The van der Waals surface area contributed by atoms with Gasteiger partial charge in [-0.3, -0.25) is 4.79 Å². The summed E-state index contributed by atoms with van der Waals surface area (Å²) in [5.74, 6) is 1.81. The number of rotatable bonds is 8. The zero-order valence-electron chi connectivity index (χ0n) is 11.0. The molecule has 2 nitrogen and oxygen atoms in total. The maximum atomic E-state index is 10.6. The van der Waals surface area contributed by atoms with Crippen LogP contribution in [0.4, 0.5) is 0 Å². The smallest absolute Gasteiger partial charge is 0.146 e. The number of carbonyl (C=O) groups is 1. The SMILES string of the molecule is CCOC(=CC=O)CC(SCC)c1ccccc1. The molecule has 0 saturated carbocycles. The third kappa shape index (κ3) is 4.96. The molecule has 3 heteroatoms. The van der Waals surface area contributed by atoms with Gasteiger partial charge in [0.15, 0.2) is 0 Å². The van der Waals surface area contributed by atoms with Crippen molar-refractivity contribution in [2.24, 2.45) is 0 Å². The molecule has 0 N–H and O–H groups in total. The van der Waals surface area contributed by atoms with Crippen molar-refractivity contribution < 1.29 is 9.53 Å². The van der Waals surface area contributed by atoms with E-state index >= 15 is 0 Å². The quantitative estimate of drug-likeness (QED) is 0.403. The Hall–Kier alpha value is -1.22. The summed E-state index contributed by atoms with van der Waals surface area (Å²) < 4.78 is 5.50. The van der Waals surface area contributed by atoms with Crippen LogP contribution < -0.4 is 0 Å². The van der Waals surface area contributed by atoms with Gasteiger partial charge < -0.3 is 4.74 Å². The van der Waals surface area contributed by atoms with Crippen LogP contribution in [0.2, 0.25) is 0 Å². The van der Waals surface area contributed by atoms with Crippen LogP contribution in [0, 0.1) is 0 Å². The van der Waals surface area contributed by atoms with E-state index in [1.54, 1.807) is 0 Å². The number of carbonyl (C=O) groups excluding carboxylic acids is 1. The van der Waals surface area contributed by atoms with Crippen molar-refractivity contribution in [3.63, 3.8) is 0 Å². The van der Waals surface area contributed by atoms with Crippen molar-refractivity contribution in [3.05, 3.63) is 47.7 Å². The average molecular weight is 264 g/mol. The first-order valence-electron chi connectivity index (χ1n) is 6.25. The zero-order valence-corrected chi connectivity index (χ0v) is 11.8. The molecule has 1 atom stereocenters. The summed E-state index contributed by atoms with van der Waals surface area (Å²) in [6, 6.07) is 10.3. The van der Waals surface area contributed by atoms with Gasteiger partial charge in [0.25, 0.3) is 0 Å². The first-order chi connectivity index (χ1) is 8.81. The fourth-order valence-electron chi connectivity index (χ4n) is 1.76. The topological polar surface area (TPSA) is 26.3 Å². The lowest BCUT2D eigenvalue weighted by molar-refractivity contribution is -0.104. The highest BCUT2D eigenvalue weighted by Gasteiger charge is 2.14. The van der Waals surface area contributed by atoms with E-state index in [2.05, 4.69) is 19.1 Å². The van der Waals surface area contributed by atoms with Gasteiger partial charge in [0.05, 0.1) is 6.61 Å². The highest BCUT2D eigenvalue weighted by molar-refractivity contribution is 7.99. The normalized spacial score (nSPS) is 13.1. The molecule has 1 aromatic rings. The number of hydrogen-bond acceptors (Lipinski definition) is 3. The Morgan fingerprint density at radius 3 is 2.61 bits per heavy atom. The van der Waals surface area contributed by atoms with E-state index in [4.69, 9.17) is 4.74 Å². The molecule has 1 unspecified atom stereocenters. The molecular weight excluding hydrogens is 244 g/mol. The molecular formula is C15H20O2S. The summed E-state index contributed by atoms with van der Waals surface area (Å²) >= 11 is 1.87. The van der Waals surface area contributed by atoms with Gasteiger partial charge in [0.1, 0.15) is 12.0 Å². The minimum atomic E-state index is 0.342. The summed E-state index contributed by atoms with van der Waals surface area (Å²) in [6.07, 6.45) is 3.08. The molecule has 1 rings (SSSR count). The second-order valence-electron chi connectivity index (χ2n) is 3.76. The Balaban J connectivity index is 2.79. The molecule has 98 valence electrons. The zero-order chi connectivity index (χ0) is 13.2. The lowest BCUT2D eigenvalue weighted by Gasteiger charge is -2.18. The summed E-state index contributed by atoms with van der Waals surface area (Å²) in [5, 5.41) is 0.342. The minimum absolute atomic E-state index is 0.342. The van der Waals surface area contributed by atoms with Crippen molar-refractivity contribution in [2.75, 3.05) is 12.4 Å². The first kappa shape index (κ1) is 14.8. The van der Waals surface area contributed by atoms with Crippen LogP contribution in [0.5, 0.6) is 0 Å². The van der Waals surface area contributed by atoms with Gasteiger partial charge in [-0.15, -0.1) is 0 Å². The fourth-order valence-corrected chi connectivity index (χ4v) is 2.80. The van der Waals surface area contributed by atoms with Crippen LogP contribution >= 0.6 is 11.8 Å². The standard InChI is InChI=1S/C15H20O2S/c1-3-17-14(10-11-16)12-15(18-4-2)13-8-6-5-7-9-13/h5-11,15H,3-4,12H2,1-2H3. The van der Waals surface area contributed by atoms with Crippen LogP contribution in [0.1, 0.15) is 31.1 Å². The van der Waals surface area contributed by atoms with E-state index < -0.39 is 0 Å². The molecule has 0 aliphatic heterocycles. The summed E-state index contributed by atoms with van der Waals surface area (Å²) in [7, 11) is 0. The Bertz CT molecular complexity index is 373. The van der Waals surface area contributed by atoms with Crippen molar-refractivity contribution >= 4 is 18.0 Å². The van der Waals surface area contributed by atoms with Gasteiger partial charge >= 0.3 is 0 Å². The molecule has 1 aromatic carbocycles. The van der Waals surface area contributed by atoms with E-state index in [1.165, 1.54) is 11.6 Å². The summed E-state index contributed by atoms with van der Waals surface area (Å²) in [4.78, 5) is 10.6. The van der Waals surface area contributed by atoms with Gasteiger partial charge in [-0.05, 0) is 18.2 Å². The molecule has 18 heavy (non-hydrogen) atoms. The molecule has 0 spiro atoms. The van der Waals surface area contributed by atoms with Crippen molar-refractivity contribution in [1.82, 2.24) is 0 Å². The second kappa shape index (κ2) is 8.81. The summed E-state index contributed by atoms with van der Waals surface area (Å²) in [6.45, 7) is 4.67. The average Bonchev–Trinajstić information content (AvgIpc) is 2.40. The highest BCUT2D eigenvalue weighted by atomic mass is 32.2. The third-order valence-corrected chi connectivity index (χ3v) is 3.68. The van der Waals surface area contributed by atoms with Crippen molar-refractivity contribution in [1.29, 1.82) is 0 Å². The third-order valence-electron chi connectivity index (χ3n) is 2.51. The molecule has 0 aliphatic carbocycles. The number of allylic oxidation sites excluding steroid dienone is 2. The first-order valence-corrected chi connectivity index (χ1v) is 7.30. The number of ether oxygens (including phenoxy) is 1. The van der Waals surface area contributed by atoms with Gasteiger partial charge in [-0.2, -0.15) is 11.8 Å². The Kier molecular flexibility index (Phi) is 7.26. The van der Waals surface area contributed by atoms with Crippen LogP contribution in [0.25, 0.3) is 0 Å². The monoisotopic (exact) mass is 264 g/mol. The Morgan fingerprint density at radius 2 is 2.06 bits per heavy atom. The van der Waals surface area contributed by atoms with Gasteiger partial charge in [0.2, 0.25) is 0 Å². The Morgan fingerprint density at radius 1 is 1.33 bits per heavy atom. The molecule has 0 aliphatic rings. The fraction of sp³-hybridized carbons (Fsp3) is 0.400. The van der Waals surface area contributed by atoms with E-state index in [1.807, 2.05) is 36.9 Å². The van der Waals surface area contributed by atoms with Gasteiger partial charge in [-0.1, -0.05) is 37.3 Å². The maximum absolute atomic E-state index is 10.6. The maximum Gasteiger partial charge on any atom is 0.146 e. The van der Waals surface area contributed by atoms with Crippen molar-refractivity contribution in [2.45, 2.75) is 25.5 Å². The molecule has 0 saturated heterocycles. The van der Waals surface area contributed by atoms with Gasteiger partial charge in [0, 0.05) is 17.7 Å². The largest absolute Gasteiger partial charge is 0.498 e. The van der Waals surface area contributed by atoms with E-state index in [-0.39, 0.29) is 0 Å². The molecule has 0 bridgehead atoms. The van der Waals surface area contributed by atoms with E-state index in [0.29, 0.717) is 11.9 Å². The number of aldehydes is 1. The lowest BCUT2D eigenvalue weighted by atomic mass is 10.1. The highest BCUT2D eigenvalue weighted by Crippen LogP contribution is 2.34.